The highest BCUT2D eigenvalue weighted by molar-refractivity contribution is 6.05. The van der Waals surface area contributed by atoms with Crippen molar-refractivity contribution in [3.8, 4) is 23.8 Å². The molecule has 6 nitrogen and oxygen atoms in total. The fourth-order valence-electron chi connectivity index (χ4n) is 3.33. The van der Waals surface area contributed by atoms with E-state index in [-0.39, 0.29) is 12.5 Å². The summed E-state index contributed by atoms with van der Waals surface area (Å²) in [6.07, 6.45) is 8.73. The van der Waals surface area contributed by atoms with Gasteiger partial charge in [-0.3, -0.25) is 9.59 Å². The van der Waals surface area contributed by atoms with Crippen LogP contribution in [0.5, 0.6) is 11.5 Å². The molecule has 29 heavy (non-hydrogen) atoms. The second kappa shape index (κ2) is 8.98. The van der Waals surface area contributed by atoms with Crippen LogP contribution in [0.1, 0.15) is 23.5 Å². The normalized spacial score (nSPS) is 15.4. The maximum absolute atomic E-state index is 12.8. The largest absolute Gasteiger partial charge is 0.493 e. The third-order valence-corrected chi connectivity index (χ3v) is 4.73. The lowest BCUT2D eigenvalue weighted by molar-refractivity contribution is -0.139. The monoisotopic (exact) mass is 391 g/mol. The number of rotatable bonds is 6. The van der Waals surface area contributed by atoms with E-state index in [2.05, 4.69) is 5.92 Å². The maximum Gasteiger partial charge on any atom is 0.311 e. The molecule has 1 unspecified atom stereocenters. The van der Waals surface area contributed by atoms with Gasteiger partial charge in [0.1, 0.15) is 6.61 Å². The molecule has 1 aliphatic rings. The molecule has 0 fully saturated rings. The molecule has 0 spiro atoms. The Morgan fingerprint density at radius 3 is 2.79 bits per heavy atom. The molecule has 1 heterocycles. The molecule has 1 atom stereocenters. The number of para-hydroxylation sites is 1. The lowest BCUT2D eigenvalue weighted by Gasteiger charge is -2.32. The van der Waals surface area contributed by atoms with E-state index in [1.807, 2.05) is 0 Å². The number of methoxy groups -OCH3 is 1. The lowest BCUT2D eigenvalue weighted by atomic mass is 9.90. The number of carbonyl (C=O) groups is 2. The Balaban J connectivity index is 1.80. The number of carboxylic acids is 1. The van der Waals surface area contributed by atoms with Gasteiger partial charge in [0.15, 0.2) is 11.5 Å². The van der Waals surface area contributed by atoms with E-state index in [0.29, 0.717) is 35.7 Å². The highest BCUT2D eigenvalue weighted by Crippen LogP contribution is 2.35. The number of nitrogens with zero attached hydrogens (tertiary/aromatic N) is 1. The number of hydrogen-bond acceptors (Lipinski definition) is 4. The third kappa shape index (κ3) is 4.41. The molecule has 3 rings (SSSR count). The van der Waals surface area contributed by atoms with Gasteiger partial charge in [-0.25, -0.2) is 0 Å². The number of aliphatic carboxylic acids is 1. The minimum Gasteiger partial charge on any atom is -0.493 e. The molecule has 0 bridgehead atoms. The van der Waals surface area contributed by atoms with Crippen molar-refractivity contribution in [1.29, 1.82) is 0 Å². The molecule has 0 saturated heterocycles. The number of carbonyl (C=O) groups excluding carboxylic acids is 1. The van der Waals surface area contributed by atoms with Crippen molar-refractivity contribution < 1.29 is 24.2 Å². The number of benzene rings is 2. The molecule has 0 saturated carbocycles. The van der Waals surface area contributed by atoms with Crippen LogP contribution in [0.2, 0.25) is 0 Å². The first-order valence-corrected chi connectivity index (χ1v) is 9.10. The second-order valence-electron chi connectivity index (χ2n) is 6.46. The van der Waals surface area contributed by atoms with Crippen LogP contribution in [-0.4, -0.2) is 37.2 Å². The van der Waals surface area contributed by atoms with E-state index in [4.69, 9.17) is 15.9 Å². The Hall–Kier alpha value is -3.72. The Bertz CT molecular complexity index is 989. The average Bonchev–Trinajstić information content (AvgIpc) is 2.75. The SMILES string of the molecule is C#CCOc1ccc(/C=C/C(=O)N2CCC(C(=O)O)c3ccccc32)cc1OC. The summed E-state index contributed by atoms with van der Waals surface area (Å²) < 4.78 is 10.7. The quantitative estimate of drug-likeness (QED) is 0.604. The zero-order valence-electron chi connectivity index (χ0n) is 16.0. The van der Waals surface area contributed by atoms with Gasteiger partial charge >= 0.3 is 5.97 Å². The summed E-state index contributed by atoms with van der Waals surface area (Å²) in [4.78, 5) is 25.9. The van der Waals surface area contributed by atoms with E-state index in [1.54, 1.807) is 53.4 Å². The number of fused-ring (bicyclic) bond motifs is 1. The number of carboxylic acid groups (broad SMARTS) is 1. The minimum atomic E-state index is -0.876. The minimum absolute atomic E-state index is 0.135. The van der Waals surface area contributed by atoms with Gasteiger partial charge in [0, 0.05) is 18.3 Å². The lowest BCUT2D eigenvalue weighted by Crippen LogP contribution is -2.37. The zero-order chi connectivity index (χ0) is 20.8. The fourth-order valence-corrected chi connectivity index (χ4v) is 3.33. The molecule has 148 valence electrons. The van der Waals surface area contributed by atoms with E-state index >= 15 is 0 Å². The molecular formula is C23H21NO5. The Labute approximate surface area is 169 Å². The van der Waals surface area contributed by atoms with Crippen LogP contribution < -0.4 is 14.4 Å². The van der Waals surface area contributed by atoms with E-state index in [1.165, 1.54) is 13.2 Å². The van der Waals surface area contributed by atoms with Crippen molar-refractivity contribution in [2.75, 3.05) is 25.2 Å². The summed E-state index contributed by atoms with van der Waals surface area (Å²) in [6, 6.07) is 12.4. The first-order chi connectivity index (χ1) is 14.0. The summed E-state index contributed by atoms with van der Waals surface area (Å²) in [5, 5.41) is 9.44. The number of amides is 1. The van der Waals surface area contributed by atoms with Gasteiger partial charge in [-0.05, 0) is 41.8 Å². The van der Waals surface area contributed by atoms with E-state index < -0.39 is 11.9 Å². The molecular weight excluding hydrogens is 370 g/mol. The molecule has 0 aromatic heterocycles. The number of ether oxygens (including phenoxy) is 2. The smallest absolute Gasteiger partial charge is 0.311 e. The van der Waals surface area contributed by atoms with Gasteiger partial charge in [-0.2, -0.15) is 0 Å². The van der Waals surface area contributed by atoms with E-state index in [0.717, 1.165) is 5.56 Å². The third-order valence-electron chi connectivity index (χ3n) is 4.73. The number of anilines is 1. The number of hydrogen-bond donors (Lipinski definition) is 1. The Morgan fingerprint density at radius 1 is 1.28 bits per heavy atom. The van der Waals surface area contributed by atoms with Crippen LogP contribution in [0.25, 0.3) is 6.08 Å². The van der Waals surface area contributed by atoms with Crippen LogP contribution in [0.3, 0.4) is 0 Å². The van der Waals surface area contributed by atoms with Crippen LogP contribution in [-0.2, 0) is 9.59 Å². The summed E-state index contributed by atoms with van der Waals surface area (Å²) in [5.74, 6) is 1.75. The van der Waals surface area contributed by atoms with Gasteiger partial charge in [0.25, 0.3) is 5.91 Å². The summed E-state index contributed by atoms with van der Waals surface area (Å²) in [5.41, 5.74) is 2.05. The molecule has 2 aromatic rings. The Morgan fingerprint density at radius 2 is 2.07 bits per heavy atom. The average molecular weight is 391 g/mol. The van der Waals surface area contributed by atoms with Crippen molar-refractivity contribution >= 4 is 23.6 Å². The van der Waals surface area contributed by atoms with Gasteiger partial charge in [0.05, 0.1) is 13.0 Å². The predicted molar refractivity (Wildman–Crippen MR) is 110 cm³/mol. The number of terminal acetylenes is 1. The van der Waals surface area contributed by atoms with Crippen molar-refractivity contribution in [2.45, 2.75) is 12.3 Å². The van der Waals surface area contributed by atoms with Crippen molar-refractivity contribution in [2.24, 2.45) is 0 Å². The van der Waals surface area contributed by atoms with Crippen molar-refractivity contribution in [3.05, 3.63) is 59.7 Å². The Kier molecular flexibility index (Phi) is 6.20. The van der Waals surface area contributed by atoms with Crippen LogP contribution in [0.15, 0.2) is 48.5 Å². The van der Waals surface area contributed by atoms with Crippen LogP contribution >= 0.6 is 0 Å². The molecule has 0 aliphatic carbocycles. The summed E-state index contributed by atoms with van der Waals surface area (Å²) >= 11 is 0. The first kappa shape index (κ1) is 20.0. The standard InChI is InChI=1S/C23H21NO5/c1-3-14-29-20-10-8-16(15-21(20)28-2)9-11-22(25)24-13-12-18(23(26)27)17-6-4-5-7-19(17)24/h1,4-11,15,18H,12-14H2,2H3,(H,26,27)/b11-9+. The molecule has 1 amide bonds. The highest BCUT2D eigenvalue weighted by Gasteiger charge is 2.31. The van der Waals surface area contributed by atoms with Crippen molar-refractivity contribution in [1.82, 2.24) is 0 Å². The van der Waals surface area contributed by atoms with Gasteiger partial charge in [-0.1, -0.05) is 30.2 Å². The first-order valence-electron chi connectivity index (χ1n) is 9.10. The van der Waals surface area contributed by atoms with Crippen LogP contribution in [0.4, 0.5) is 5.69 Å². The maximum atomic E-state index is 12.8. The summed E-state index contributed by atoms with van der Waals surface area (Å²) in [7, 11) is 1.53. The van der Waals surface area contributed by atoms with Crippen molar-refractivity contribution in [3.63, 3.8) is 0 Å². The topological polar surface area (TPSA) is 76.1 Å². The van der Waals surface area contributed by atoms with Gasteiger partial charge < -0.3 is 19.5 Å². The summed E-state index contributed by atoms with van der Waals surface area (Å²) in [6.45, 7) is 0.481. The molecule has 2 aromatic carbocycles. The highest BCUT2D eigenvalue weighted by atomic mass is 16.5. The van der Waals surface area contributed by atoms with Gasteiger partial charge in [-0.15, -0.1) is 6.42 Å². The van der Waals surface area contributed by atoms with Gasteiger partial charge in [0.2, 0.25) is 0 Å². The fraction of sp³-hybridized carbons (Fsp3) is 0.217. The second-order valence-corrected chi connectivity index (χ2v) is 6.46. The molecule has 1 N–H and O–H groups in total. The molecule has 1 aliphatic heterocycles. The molecule has 0 radical (unpaired) electrons. The zero-order valence-corrected chi connectivity index (χ0v) is 16.0. The van der Waals surface area contributed by atoms with E-state index in [9.17, 15) is 14.7 Å². The van der Waals surface area contributed by atoms with Crippen LogP contribution in [0, 0.1) is 12.3 Å². The predicted octanol–water partition coefficient (Wildman–Crippen LogP) is 3.33. The molecule has 6 heteroatoms.